The van der Waals surface area contributed by atoms with Crippen LogP contribution in [0.5, 0.6) is 0 Å². The zero-order chi connectivity index (χ0) is 19.5. The van der Waals surface area contributed by atoms with Crippen molar-refractivity contribution in [3.8, 4) is 22.8 Å². The number of carbonyl (C=O) groups is 1. The van der Waals surface area contributed by atoms with Gasteiger partial charge in [-0.05, 0) is 31.9 Å². The summed E-state index contributed by atoms with van der Waals surface area (Å²) >= 11 is 0. The van der Waals surface area contributed by atoms with Crippen LogP contribution in [0.2, 0.25) is 0 Å². The van der Waals surface area contributed by atoms with Gasteiger partial charge in [-0.3, -0.25) is 4.79 Å². The van der Waals surface area contributed by atoms with Crippen molar-refractivity contribution in [1.82, 2.24) is 10.3 Å². The van der Waals surface area contributed by atoms with E-state index in [-0.39, 0.29) is 17.9 Å². The lowest BCUT2D eigenvalue weighted by Gasteiger charge is -2.15. The first-order chi connectivity index (χ1) is 13.6. The number of amides is 1. The maximum absolute atomic E-state index is 12.8. The molecule has 2 unspecified atom stereocenters. The number of oxazole rings is 1. The average molecular weight is 376 g/mol. The molecular formula is C23H24N2O3. The summed E-state index contributed by atoms with van der Waals surface area (Å²) in [6, 6.07) is 15.3. The van der Waals surface area contributed by atoms with Gasteiger partial charge < -0.3 is 14.8 Å². The molecular weight excluding hydrogens is 352 g/mol. The van der Waals surface area contributed by atoms with Crippen LogP contribution in [0.15, 0.2) is 59.1 Å². The van der Waals surface area contributed by atoms with Crippen LogP contribution in [-0.2, 0) is 0 Å². The summed E-state index contributed by atoms with van der Waals surface area (Å²) in [5.41, 5.74) is 3.30. The van der Waals surface area contributed by atoms with Crippen LogP contribution in [0.4, 0.5) is 0 Å². The summed E-state index contributed by atoms with van der Waals surface area (Å²) < 4.78 is 5.95. The van der Waals surface area contributed by atoms with Gasteiger partial charge in [0.15, 0.2) is 5.76 Å². The van der Waals surface area contributed by atoms with E-state index in [0.717, 1.165) is 24.8 Å². The predicted octanol–water partition coefficient (Wildman–Crippen LogP) is 4.21. The molecule has 2 aromatic carbocycles. The number of aliphatic hydroxyl groups excluding tert-OH is 1. The van der Waals surface area contributed by atoms with Gasteiger partial charge in [0.25, 0.3) is 5.91 Å². The molecule has 1 aliphatic carbocycles. The lowest BCUT2D eigenvalue weighted by molar-refractivity contribution is 0.0917. The number of aryl methyl sites for hydroxylation is 1. The Kier molecular flexibility index (Phi) is 5.26. The van der Waals surface area contributed by atoms with E-state index < -0.39 is 0 Å². The molecule has 144 valence electrons. The smallest absolute Gasteiger partial charge is 0.252 e. The fourth-order valence-electron chi connectivity index (χ4n) is 3.69. The second-order valence-electron chi connectivity index (χ2n) is 7.41. The third kappa shape index (κ3) is 3.85. The van der Waals surface area contributed by atoms with Crippen LogP contribution >= 0.6 is 0 Å². The Morgan fingerprint density at radius 3 is 2.71 bits per heavy atom. The molecule has 3 aromatic rings. The number of hydrogen-bond donors (Lipinski definition) is 2. The molecule has 2 atom stereocenters. The van der Waals surface area contributed by atoms with Crippen molar-refractivity contribution in [1.29, 1.82) is 0 Å². The first-order valence-electron chi connectivity index (χ1n) is 9.70. The molecule has 1 aliphatic rings. The summed E-state index contributed by atoms with van der Waals surface area (Å²) in [7, 11) is 0. The third-order valence-corrected chi connectivity index (χ3v) is 5.39. The number of benzene rings is 2. The van der Waals surface area contributed by atoms with Gasteiger partial charge in [-0.15, -0.1) is 0 Å². The van der Waals surface area contributed by atoms with Crippen molar-refractivity contribution in [3.63, 3.8) is 0 Å². The average Bonchev–Trinajstić information content (AvgIpc) is 3.36. The quantitative estimate of drug-likeness (QED) is 0.699. The molecule has 0 bridgehead atoms. The van der Waals surface area contributed by atoms with E-state index in [1.807, 2.05) is 49.4 Å². The second-order valence-corrected chi connectivity index (χ2v) is 7.41. The van der Waals surface area contributed by atoms with Gasteiger partial charge in [-0.25, -0.2) is 4.98 Å². The third-order valence-electron chi connectivity index (χ3n) is 5.39. The number of nitrogens with zero attached hydrogens (tertiary/aromatic N) is 1. The Bertz CT molecular complexity index is 962. The largest absolute Gasteiger partial charge is 0.436 e. The number of nitrogens with one attached hydrogen (secondary N) is 1. The molecule has 1 aromatic heterocycles. The zero-order valence-corrected chi connectivity index (χ0v) is 15.9. The van der Waals surface area contributed by atoms with Gasteiger partial charge in [-0.2, -0.15) is 0 Å². The zero-order valence-electron chi connectivity index (χ0n) is 15.9. The van der Waals surface area contributed by atoms with Crippen molar-refractivity contribution in [2.75, 3.05) is 6.54 Å². The lowest BCUT2D eigenvalue weighted by atomic mass is 10.0. The van der Waals surface area contributed by atoms with E-state index in [0.29, 0.717) is 29.3 Å². The molecule has 2 N–H and O–H groups in total. The fraction of sp³-hybridized carbons (Fsp3) is 0.304. The molecule has 1 saturated carbocycles. The van der Waals surface area contributed by atoms with E-state index in [2.05, 4.69) is 10.3 Å². The first-order valence-corrected chi connectivity index (χ1v) is 9.70. The van der Waals surface area contributed by atoms with Crippen LogP contribution in [0.25, 0.3) is 22.8 Å². The van der Waals surface area contributed by atoms with Crippen molar-refractivity contribution < 1.29 is 14.3 Å². The van der Waals surface area contributed by atoms with E-state index in [1.165, 1.54) is 5.56 Å². The summed E-state index contributed by atoms with van der Waals surface area (Å²) in [6.45, 7) is 2.52. The van der Waals surface area contributed by atoms with Crippen LogP contribution in [0, 0.1) is 12.8 Å². The van der Waals surface area contributed by atoms with Gasteiger partial charge in [0.05, 0.1) is 17.9 Å². The van der Waals surface area contributed by atoms with E-state index >= 15 is 0 Å². The standard InChI is InChI=1S/C23H24N2O3/c1-15-9-11-16(12-10-15)21-14-25-23(28-21)19-7-3-2-6-18(19)22(27)24-13-17-5-4-8-20(17)26/h2-3,6-7,9-12,14,17,20,26H,4-5,8,13H2,1H3,(H,24,27). The second kappa shape index (κ2) is 7.98. The maximum atomic E-state index is 12.8. The molecule has 4 rings (SSSR count). The van der Waals surface area contributed by atoms with Crippen molar-refractivity contribution in [2.45, 2.75) is 32.3 Å². The highest BCUT2D eigenvalue weighted by molar-refractivity contribution is 6.00. The monoisotopic (exact) mass is 376 g/mol. The SMILES string of the molecule is Cc1ccc(-c2cnc(-c3ccccc3C(=O)NCC3CCCC3O)o2)cc1. The molecule has 1 fully saturated rings. The molecule has 1 heterocycles. The minimum atomic E-state index is -0.320. The molecule has 0 aliphatic heterocycles. The van der Waals surface area contributed by atoms with E-state index in [1.54, 1.807) is 12.3 Å². The number of hydrogen-bond acceptors (Lipinski definition) is 4. The Morgan fingerprint density at radius 2 is 1.96 bits per heavy atom. The molecule has 5 nitrogen and oxygen atoms in total. The lowest BCUT2D eigenvalue weighted by Crippen LogP contribution is -2.32. The van der Waals surface area contributed by atoms with Crippen molar-refractivity contribution in [3.05, 3.63) is 65.9 Å². The minimum absolute atomic E-state index is 0.131. The highest BCUT2D eigenvalue weighted by Crippen LogP contribution is 2.29. The van der Waals surface area contributed by atoms with Crippen LogP contribution in [-0.4, -0.2) is 28.6 Å². The molecule has 28 heavy (non-hydrogen) atoms. The number of aromatic nitrogens is 1. The molecule has 0 saturated heterocycles. The van der Waals surface area contributed by atoms with Gasteiger partial charge in [-0.1, -0.05) is 48.4 Å². The number of rotatable bonds is 5. The summed E-state index contributed by atoms with van der Waals surface area (Å²) in [5.74, 6) is 1.04. The maximum Gasteiger partial charge on any atom is 0.252 e. The Hall–Kier alpha value is -2.92. The summed E-state index contributed by atoms with van der Waals surface area (Å²) in [6.07, 6.45) is 4.14. The summed E-state index contributed by atoms with van der Waals surface area (Å²) in [5, 5.41) is 12.9. The first kappa shape index (κ1) is 18.4. The number of aliphatic hydroxyl groups is 1. The Labute approximate surface area is 164 Å². The van der Waals surface area contributed by atoms with Crippen molar-refractivity contribution >= 4 is 5.91 Å². The highest BCUT2D eigenvalue weighted by atomic mass is 16.4. The van der Waals surface area contributed by atoms with Crippen LogP contribution in [0.3, 0.4) is 0 Å². The fourth-order valence-corrected chi connectivity index (χ4v) is 3.69. The van der Waals surface area contributed by atoms with E-state index in [9.17, 15) is 9.90 Å². The molecule has 0 radical (unpaired) electrons. The Morgan fingerprint density at radius 1 is 1.18 bits per heavy atom. The molecule has 0 spiro atoms. The van der Waals surface area contributed by atoms with Gasteiger partial charge in [0.2, 0.25) is 5.89 Å². The number of carbonyl (C=O) groups excluding carboxylic acids is 1. The van der Waals surface area contributed by atoms with Crippen molar-refractivity contribution in [2.24, 2.45) is 5.92 Å². The molecule has 1 amide bonds. The topological polar surface area (TPSA) is 75.4 Å². The van der Waals surface area contributed by atoms with Crippen LogP contribution < -0.4 is 5.32 Å². The van der Waals surface area contributed by atoms with Gasteiger partial charge in [0, 0.05) is 23.6 Å². The van der Waals surface area contributed by atoms with Gasteiger partial charge >= 0.3 is 0 Å². The Balaban J connectivity index is 1.54. The minimum Gasteiger partial charge on any atom is -0.436 e. The highest BCUT2D eigenvalue weighted by Gasteiger charge is 2.26. The van der Waals surface area contributed by atoms with Gasteiger partial charge in [0.1, 0.15) is 0 Å². The molecule has 5 heteroatoms. The summed E-state index contributed by atoms with van der Waals surface area (Å²) in [4.78, 5) is 17.1. The normalized spacial score (nSPS) is 18.9. The van der Waals surface area contributed by atoms with Crippen LogP contribution in [0.1, 0.15) is 35.2 Å². The van der Waals surface area contributed by atoms with E-state index in [4.69, 9.17) is 4.42 Å². The predicted molar refractivity (Wildman–Crippen MR) is 108 cm³/mol.